The van der Waals surface area contributed by atoms with Crippen LogP contribution in [0.25, 0.3) is 0 Å². The first-order valence-electron chi connectivity index (χ1n) is 8.17. The van der Waals surface area contributed by atoms with Gasteiger partial charge in [-0.1, -0.05) is 0 Å². The average molecular weight is 363 g/mol. The van der Waals surface area contributed by atoms with Gasteiger partial charge < -0.3 is 19.5 Å². The molecule has 2 aromatic rings. The van der Waals surface area contributed by atoms with Crippen LogP contribution in [0, 0.1) is 11.6 Å². The van der Waals surface area contributed by atoms with Crippen molar-refractivity contribution in [3.63, 3.8) is 0 Å². The Kier molecular flexibility index (Phi) is 4.97. The highest BCUT2D eigenvalue weighted by molar-refractivity contribution is 5.97. The molecule has 1 aliphatic rings. The number of carbonyl (C=O) groups excluding carboxylic acids is 1. The van der Waals surface area contributed by atoms with Crippen molar-refractivity contribution in [1.82, 2.24) is 4.90 Å². The number of hydrogen-bond donors (Lipinski definition) is 1. The fourth-order valence-electron chi connectivity index (χ4n) is 3.35. The van der Waals surface area contributed by atoms with Crippen LogP contribution in [-0.4, -0.2) is 36.7 Å². The summed E-state index contributed by atoms with van der Waals surface area (Å²) < 4.78 is 38.0. The van der Waals surface area contributed by atoms with E-state index in [0.717, 1.165) is 11.6 Å². The van der Waals surface area contributed by atoms with Crippen LogP contribution in [0.5, 0.6) is 17.2 Å². The summed E-state index contributed by atoms with van der Waals surface area (Å²) in [6, 6.07) is 6.21. The fourth-order valence-corrected chi connectivity index (χ4v) is 3.35. The molecular weight excluding hydrogens is 344 g/mol. The molecule has 1 aliphatic heterocycles. The molecule has 0 radical (unpaired) electrons. The van der Waals surface area contributed by atoms with E-state index in [2.05, 4.69) is 0 Å². The van der Waals surface area contributed by atoms with E-state index in [1.54, 1.807) is 18.2 Å². The minimum Gasteiger partial charge on any atom is -0.507 e. The van der Waals surface area contributed by atoms with Crippen molar-refractivity contribution in [2.24, 2.45) is 0 Å². The predicted molar refractivity (Wildman–Crippen MR) is 90.6 cm³/mol. The van der Waals surface area contributed by atoms with Gasteiger partial charge in [0.2, 0.25) is 0 Å². The van der Waals surface area contributed by atoms with E-state index < -0.39 is 28.9 Å². The highest BCUT2D eigenvalue weighted by atomic mass is 19.1. The molecule has 1 atom stereocenters. The molecule has 0 saturated carbocycles. The van der Waals surface area contributed by atoms with Gasteiger partial charge in [-0.15, -0.1) is 0 Å². The molecule has 1 amide bonds. The second-order valence-electron chi connectivity index (χ2n) is 6.05. The van der Waals surface area contributed by atoms with Gasteiger partial charge in [-0.25, -0.2) is 8.78 Å². The molecular formula is C19H19F2NO4. The number of phenols is 1. The maximum atomic E-state index is 14.1. The topological polar surface area (TPSA) is 59.0 Å². The summed E-state index contributed by atoms with van der Waals surface area (Å²) in [6.07, 6.45) is 1.36. The Morgan fingerprint density at radius 3 is 2.62 bits per heavy atom. The molecule has 5 nitrogen and oxygen atoms in total. The van der Waals surface area contributed by atoms with Gasteiger partial charge in [0.25, 0.3) is 5.91 Å². The molecule has 7 heteroatoms. The highest BCUT2D eigenvalue weighted by Gasteiger charge is 2.35. The fraction of sp³-hybridized carbons (Fsp3) is 0.316. The van der Waals surface area contributed by atoms with E-state index in [9.17, 15) is 18.7 Å². The monoisotopic (exact) mass is 363 g/mol. The lowest BCUT2D eigenvalue weighted by Gasteiger charge is -2.27. The number of amides is 1. The molecule has 1 saturated heterocycles. The average Bonchev–Trinajstić information content (AvgIpc) is 3.09. The van der Waals surface area contributed by atoms with Crippen molar-refractivity contribution in [2.75, 3.05) is 20.8 Å². The molecule has 0 spiro atoms. The standard InChI is InChI=1S/C19H19F2NO4/c1-25-12-5-6-17(26-2)13(10-12)15-4-3-7-22(15)19(24)18-14(21)8-11(20)9-16(18)23/h5-6,8-10,15,23H,3-4,7H2,1-2H3. The second kappa shape index (κ2) is 7.19. The quantitative estimate of drug-likeness (QED) is 0.901. The summed E-state index contributed by atoms with van der Waals surface area (Å²) in [5.41, 5.74) is 0.208. The molecule has 0 aliphatic carbocycles. The zero-order chi connectivity index (χ0) is 18.8. The van der Waals surface area contributed by atoms with Gasteiger partial charge >= 0.3 is 0 Å². The Hall–Kier alpha value is -2.83. The summed E-state index contributed by atoms with van der Waals surface area (Å²) in [5.74, 6) is -2.24. The van der Waals surface area contributed by atoms with Gasteiger partial charge in [-0.2, -0.15) is 0 Å². The lowest BCUT2D eigenvalue weighted by atomic mass is 10.0. The smallest absolute Gasteiger partial charge is 0.261 e. The van der Waals surface area contributed by atoms with Gasteiger partial charge in [0.1, 0.15) is 34.4 Å². The van der Waals surface area contributed by atoms with Crippen LogP contribution in [0.2, 0.25) is 0 Å². The van der Waals surface area contributed by atoms with Crippen molar-refractivity contribution >= 4 is 5.91 Å². The normalized spacial score (nSPS) is 16.6. The van der Waals surface area contributed by atoms with Crippen LogP contribution in [0.3, 0.4) is 0 Å². The maximum absolute atomic E-state index is 14.1. The third kappa shape index (κ3) is 3.16. The summed E-state index contributed by atoms with van der Waals surface area (Å²) in [5, 5.41) is 9.87. The predicted octanol–water partition coefficient (Wildman–Crippen LogP) is 3.66. The van der Waals surface area contributed by atoms with Crippen molar-refractivity contribution in [1.29, 1.82) is 0 Å². The Bertz CT molecular complexity index is 817. The van der Waals surface area contributed by atoms with Crippen LogP contribution in [0.1, 0.15) is 34.8 Å². The number of methoxy groups -OCH3 is 2. The number of aromatic hydroxyl groups is 1. The summed E-state index contributed by atoms with van der Waals surface area (Å²) >= 11 is 0. The molecule has 1 heterocycles. The van der Waals surface area contributed by atoms with Crippen LogP contribution >= 0.6 is 0 Å². The molecule has 1 N–H and O–H groups in total. The molecule has 26 heavy (non-hydrogen) atoms. The van der Waals surface area contributed by atoms with Gasteiger partial charge in [0.05, 0.1) is 20.3 Å². The molecule has 2 aromatic carbocycles. The number of likely N-dealkylation sites (tertiary alicyclic amines) is 1. The van der Waals surface area contributed by atoms with Crippen LogP contribution < -0.4 is 9.47 Å². The van der Waals surface area contributed by atoms with Crippen LogP contribution in [-0.2, 0) is 0 Å². The van der Waals surface area contributed by atoms with Crippen LogP contribution in [0.15, 0.2) is 30.3 Å². The zero-order valence-corrected chi connectivity index (χ0v) is 14.5. The lowest BCUT2D eigenvalue weighted by Crippen LogP contribution is -2.31. The molecule has 3 rings (SSSR count). The highest BCUT2D eigenvalue weighted by Crippen LogP contribution is 2.40. The van der Waals surface area contributed by atoms with Crippen molar-refractivity contribution < 1.29 is 28.2 Å². The third-order valence-electron chi connectivity index (χ3n) is 4.56. The molecule has 0 aromatic heterocycles. The number of benzene rings is 2. The van der Waals surface area contributed by atoms with E-state index in [0.29, 0.717) is 37.0 Å². The minimum absolute atomic E-state index is 0.364. The SMILES string of the molecule is COc1ccc(OC)c(C2CCCN2C(=O)c2c(O)cc(F)cc2F)c1. The van der Waals surface area contributed by atoms with E-state index in [1.165, 1.54) is 19.1 Å². The number of phenolic OH excluding ortho intramolecular Hbond substituents is 1. The van der Waals surface area contributed by atoms with Crippen molar-refractivity contribution in [3.8, 4) is 17.2 Å². The summed E-state index contributed by atoms with van der Waals surface area (Å²) in [6.45, 7) is 0.389. The first kappa shape index (κ1) is 18.0. The molecule has 1 unspecified atom stereocenters. The molecule has 0 bridgehead atoms. The molecule has 1 fully saturated rings. The first-order valence-corrected chi connectivity index (χ1v) is 8.17. The van der Waals surface area contributed by atoms with Crippen LogP contribution in [0.4, 0.5) is 8.78 Å². The lowest BCUT2D eigenvalue weighted by molar-refractivity contribution is 0.0725. The minimum atomic E-state index is -1.09. The summed E-state index contributed by atoms with van der Waals surface area (Å²) in [4.78, 5) is 14.3. The number of ether oxygens (including phenoxy) is 2. The summed E-state index contributed by atoms with van der Waals surface area (Å²) in [7, 11) is 3.06. The van der Waals surface area contributed by atoms with Gasteiger partial charge in [-0.05, 0) is 31.0 Å². The van der Waals surface area contributed by atoms with E-state index in [1.807, 2.05) is 0 Å². The largest absolute Gasteiger partial charge is 0.507 e. The number of halogens is 2. The Morgan fingerprint density at radius 2 is 1.96 bits per heavy atom. The number of carbonyl (C=O) groups is 1. The Labute approximate surface area is 149 Å². The number of hydrogen-bond acceptors (Lipinski definition) is 4. The maximum Gasteiger partial charge on any atom is 0.261 e. The van der Waals surface area contributed by atoms with E-state index in [4.69, 9.17) is 9.47 Å². The number of rotatable bonds is 4. The number of nitrogens with zero attached hydrogens (tertiary/aromatic N) is 1. The Morgan fingerprint density at radius 1 is 1.19 bits per heavy atom. The van der Waals surface area contributed by atoms with Gasteiger partial charge in [-0.3, -0.25) is 4.79 Å². The second-order valence-corrected chi connectivity index (χ2v) is 6.05. The Balaban J connectivity index is 2.00. The van der Waals surface area contributed by atoms with Crippen molar-refractivity contribution in [3.05, 3.63) is 53.1 Å². The van der Waals surface area contributed by atoms with Gasteiger partial charge in [0, 0.05) is 24.2 Å². The third-order valence-corrected chi connectivity index (χ3v) is 4.56. The zero-order valence-electron chi connectivity index (χ0n) is 14.5. The molecule has 138 valence electrons. The van der Waals surface area contributed by atoms with E-state index >= 15 is 0 Å². The van der Waals surface area contributed by atoms with Gasteiger partial charge in [0.15, 0.2) is 0 Å². The van der Waals surface area contributed by atoms with Crippen molar-refractivity contribution in [2.45, 2.75) is 18.9 Å². The first-order chi connectivity index (χ1) is 12.5. The van der Waals surface area contributed by atoms with E-state index in [-0.39, 0.29) is 6.04 Å².